The van der Waals surface area contributed by atoms with E-state index < -0.39 is 0 Å². The molecule has 1 aliphatic carbocycles. The van der Waals surface area contributed by atoms with Crippen LogP contribution in [0.15, 0.2) is 36.0 Å². The molecule has 0 saturated carbocycles. The smallest absolute Gasteiger partial charge is 0.0204 e. The third-order valence-electron chi connectivity index (χ3n) is 2.12. The lowest BCUT2D eigenvalue weighted by atomic mass is 9.90. The Balaban J connectivity index is 2.73. The van der Waals surface area contributed by atoms with E-state index in [1.54, 1.807) is 0 Å². The number of rotatable bonds is 2. The Kier molecular flexibility index (Phi) is 3.03. The quantitative estimate of drug-likeness (QED) is 0.475. The molecule has 0 amide bonds. The molecule has 1 N–H and O–H groups in total. The average Bonchev–Trinajstić information content (AvgIpc) is 2.09. The molecule has 0 radical (unpaired) electrons. The predicted molar refractivity (Wildman–Crippen MR) is 53.5 cm³/mol. The van der Waals surface area contributed by atoms with Crippen LogP contribution in [-0.4, -0.2) is 6.21 Å². The number of nitrogens with one attached hydrogen (secondary N) is 1. The first-order valence-corrected chi connectivity index (χ1v) is 4.27. The summed E-state index contributed by atoms with van der Waals surface area (Å²) in [5.74, 6) is 0.361. The van der Waals surface area contributed by atoms with Gasteiger partial charge in [0.2, 0.25) is 0 Å². The molecular formula is C11H15N. The molecule has 64 valence electrons. The standard InChI is InChI=1S/C11H15N/c1-9(8-12)7-11-6-4-3-5-10(11)2/h4,6-8,11-12H,2-3,5H2,1H3/b9-7+,12-8?. The van der Waals surface area contributed by atoms with Gasteiger partial charge in [-0.05, 0) is 25.3 Å². The van der Waals surface area contributed by atoms with Gasteiger partial charge >= 0.3 is 0 Å². The summed E-state index contributed by atoms with van der Waals surface area (Å²) < 4.78 is 0. The Morgan fingerprint density at radius 3 is 3.08 bits per heavy atom. The highest BCUT2D eigenvalue weighted by Crippen LogP contribution is 2.23. The monoisotopic (exact) mass is 161 g/mol. The first kappa shape index (κ1) is 8.98. The Morgan fingerprint density at radius 2 is 2.50 bits per heavy atom. The summed E-state index contributed by atoms with van der Waals surface area (Å²) >= 11 is 0. The van der Waals surface area contributed by atoms with Crippen molar-refractivity contribution in [3.05, 3.63) is 36.0 Å². The predicted octanol–water partition coefficient (Wildman–Crippen LogP) is 3.10. The zero-order valence-corrected chi connectivity index (χ0v) is 7.51. The van der Waals surface area contributed by atoms with Gasteiger partial charge in [0, 0.05) is 12.1 Å². The van der Waals surface area contributed by atoms with Gasteiger partial charge in [-0.2, -0.15) is 0 Å². The van der Waals surface area contributed by atoms with Gasteiger partial charge in [-0.1, -0.05) is 30.4 Å². The molecule has 0 aromatic heterocycles. The van der Waals surface area contributed by atoms with Crippen molar-refractivity contribution in [1.82, 2.24) is 0 Å². The first-order valence-electron chi connectivity index (χ1n) is 4.27. The van der Waals surface area contributed by atoms with Crippen LogP contribution in [0, 0.1) is 11.3 Å². The minimum Gasteiger partial charge on any atom is -0.308 e. The second kappa shape index (κ2) is 4.05. The van der Waals surface area contributed by atoms with Gasteiger partial charge in [0.15, 0.2) is 0 Å². The van der Waals surface area contributed by atoms with Gasteiger partial charge < -0.3 is 5.41 Å². The third-order valence-corrected chi connectivity index (χ3v) is 2.12. The summed E-state index contributed by atoms with van der Waals surface area (Å²) in [6, 6.07) is 0. The minimum atomic E-state index is 0.361. The molecule has 0 aromatic rings. The van der Waals surface area contributed by atoms with E-state index in [4.69, 9.17) is 5.41 Å². The van der Waals surface area contributed by atoms with Crippen LogP contribution in [0.1, 0.15) is 19.8 Å². The zero-order chi connectivity index (χ0) is 8.97. The van der Waals surface area contributed by atoms with E-state index in [9.17, 15) is 0 Å². The van der Waals surface area contributed by atoms with Gasteiger partial charge in [-0.15, -0.1) is 0 Å². The van der Waals surface area contributed by atoms with Crippen LogP contribution in [0.5, 0.6) is 0 Å². The van der Waals surface area contributed by atoms with E-state index >= 15 is 0 Å². The Morgan fingerprint density at radius 1 is 1.75 bits per heavy atom. The van der Waals surface area contributed by atoms with Crippen LogP contribution in [0.25, 0.3) is 0 Å². The largest absolute Gasteiger partial charge is 0.308 e. The highest BCUT2D eigenvalue weighted by molar-refractivity contribution is 5.74. The molecular weight excluding hydrogens is 146 g/mol. The van der Waals surface area contributed by atoms with Crippen molar-refractivity contribution in [3.8, 4) is 0 Å². The lowest BCUT2D eigenvalue weighted by molar-refractivity contribution is 0.804. The van der Waals surface area contributed by atoms with Crippen molar-refractivity contribution in [2.24, 2.45) is 5.92 Å². The minimum absolute atomic E-state index is 0.361. The molecule has 1 nitrogen and oxygen atoms in total. The van der Waals surface area contributed by atoms with Gasteiger partial charge in [-0.25, -0.2) is 0 Å². The molecule has 0 saturated heterocycles. The Bertz CT molecular complexity index is 246. The molecule has 1 rings (SSSR count). The number of allylic oxidation sites excluding steroid dienone is 5. The molecule has 0 aliphatic heterocycles. The Labute approximate surface area is 74.0 Å². The SMILES string of the molecule is C=C1CCC=CC1/C=C(\C)C=N. The molecule has 0 heterocycles. The number of hydrogen-bond acceptors (Lipinski definition) is 1. The van der Waals surface area contributed by atoms with E-state index in [0.717, 1.165) is 18.4 Å². The summed E-state index contributed by atoms with van der Waals surface area (Å²) in [4.78, 5) is 0. The maximum Gasteiger partial charge on any atom is 0.0204 e. The van der Waals surface area contributed by atoms with E-state index in [1.807, 2.05) is 6.92 Å². The van der Waals surface area contributed by atoms with Crippen LogP contribution in [-0.2, 0) is 0 Å². The molecule has 12 heavy (non-hydrogen) atoms. The van der Waals surface area contributed by atoms with E-state index in [-0.39, 0.29) is 0 Å². The summed E-state index contributed by atoms with van der Waals surface area (Å²) in [5.41, 5.74) is 2.27. The van der Waals surface area contributed by atoms with Crippen molar-refractivity contribution < 1.29 is 0 Å². The summed E-state index contributed by atoms with van der Waals surface area (Å²) in [6.07, 6.45) is 10.0. The van der Waals surface area contributed by atoms with Crippen LogP contribution in [0.2, 0.25) is 0 Å². The fourth-order valence-corrected chi connectivity index (χ4v) is 1.32. The van der Waals surface area contributed by atoms with Gasteiger partial charge in [0.25, 0.3) is 0 Å². The van der Waals surface area contributed by atoms with Gasteiger partial charge in [0.05, 0.1) is 0 Å². The summed E-state index contributed by atoms with van der Waals surface area (Å²) in [6.45, 7) is 5.96. The lowest BCUT2D eigenvalue weighted by Gasteiger charge is -2.16. The summed E-state index contributed by atoms with van der Waals surface area (Å²) in [7, 11) is 0. The molecule has 1 unspecified atom stereocenters. The molecule has 0 aromatic carbocycles. The maximum absolute atomic E-state index is 7.05. The topological polar surface area (TPSA) is 23.9 Å². The van der Waals surface area contributed by atoms with Crippen LogP contribution < -0.4 is 0 Å². The zero-order valence-electron chi connectivity index (χ0n) is 7.51. The van der Waals surface area contributed by atoms with Crippen LogP contribution in [0.4, 0.5) is 0 Å². The second-order valence-corrected chi connectivity index (χ2v) is 3.21. The fraction of sp³-hybridized carbons (Fsp3) is 0.364. The highest BCUT2D eigenvalue weighted by Gasteiger charge is 2.08. The van der Waals surface area contributed by atoms with Crippen LogP contribution >= 0.6 is 0 Å². The van der Waals surface area contributed by atoms with Gasteiger partial charge in [-0.3, -0.25) is 0 Å². The third kappa shape index (κ3) is 2.19. The fourth-order valence-electron chi connectivity index (χ4n) is 1.32. The van der Waals surface area contributed by atoms with Crippen molar-refractivity contribution in [1.29, 1.82) is 5.41 Å². The average molecular weight is 161 g/mol. The molecule has 1 atom stereocenters. The van der Waals surface area contributed by atoms with Crippen molar-refractivity contribution in [2.45, 2.75) is 19.8 Å². The summed E-state index contributed by atoms with van der Waals surface area (Å²) in [5, 5.41) is 7.05. The highest BCUT2D eigenvalue weighted by atomic mass is 14.3. The second-order valence-electron chi connectivity index (χ2n) is 3.21. The first-order chi connectivity index (χ1) is 5.74. The normalized spacial score (nSPS) is 24.2. The molecule has 0 fully saturated rings. The van der Waals surface area contributed by atoms with E-state index in [0.29, 0.717) is 5.92 Å². The van der Waals surface area contributed by atoms with Crippen molar-refractivity contribution in [2.75, 3.05) is 0 Å². The van der Waals surface area contributed by atoms with Crippen molar-refractivity contribution in [3.63, 3.8) is 0 Å². The van der Waals surface area contributed by atoms with Crippen LogP contribution in [0.3, 0.4) is 0 Å². The van der Waals surface area contributed by atoms with E-state index in [1.165, 1.54) is 11.8 Å². The molecule has 0 spiro atoms. The van der Waals surface area contributed by atoms with E-state index in [2.05, 4.69) is 24.8 Å². The molecule has 0 bridgehead atoms. The number of hydrogen-bond donors (Lipinski definition) is 1. The van der Waals surface area contributed by atoms with Crippen molar-refractivity contribution >= 4 is 6.21 Å². The Hall–Kier alpha value is -1.11. The molecule has 1 heteroatoms. The lowest BCUT2D eigenvalue weighted by Crippen LogP contribution is -2.01. The molecule has 1 aliphatic rings. The maximum atomic E-state index is 7.05. The van der Waals surface area contributed by atoms with Gasteiger partial charge in [0.1, 0.15) is 0 Å².